The van der Waals surface area contributed by atoms with E-state index in [0.717, 1.165) is 22.2 Å². The summed E-state index contributed by atoms with van der Waals surface area (Å²) in [5, 5.41) is 20.3. The molecule has 1 aliphatic rings. The number of hydrogen-bond donors (Lipinski definition) is 4. The van der Waals surface area contributed by atoms with Crippen LogP contribution in [0.25, 0.3) is 10.9 Å². The number of amides is 3. The highest BCUT2D eigenvalue weighted by Crippen LogP contribution is 2.25. The van der Waals surface area contributed by atoms with Gasteiger partial charge in [0.15, 0.2) is 0 Å². The van der Waals surface area contributed by atoms with Gasteiger partial charge in [0.2, 0.25) is 11.8 Å². The zero-order valence-corrected chi connectivity index (χ0v) is 25.1. The Balaban J connectivity index is 0.000000707. The first-order valence-electron chi connectivity index (χ1n) is 13.9. The Labute approximate surface area is 257 Å². The summed E-state index contributed by atoms with van der Waals surface area (Å²) in [5.41, 5.74) is 4.36. The van der Waals surface area contributed by atoms with Crippen molar-refractivity contribution >= 4 is 34.6 Å². The average Bonchev–Trinajstić information content (AvgIpc) is 2.98. The van der Waals surface area contributed by atoms with Gasteiger partial charge in [-0.2, -0.15) is 13.2 Å². The monoisotopic (exact) mass is 632 g/mol. The number of fused-ring (bicyclic) bond motifs is 1. The number of nitrogens with one attached hydrogen (secondary N) is 2. The molecule has 3 aromatic rings. The summed E-state index contributed by atoms with van der Waals surface area (Å²) < 4.78 is 37.7. The van der Waals surface area contributed by atoms with Crippen molar-refractivity contribution < 1.29 is 47.4 Å². The zero-order chi connectivity index (χ0) is 33.5. The van der Waals surface area contributed by atoms with Gasteiger partial charge in [0, 0.05) is 46.8 Å². The second-order valence-electron chi connectivity index (χ2n) is 11.5. The van der Waals surface area contributed by atoms with Gasteiger partial charge in [-0.25, -0.2) is 10.3 Å². The largest absolute Gasteiger partial charge is 0.490 e. The molecule has 1 aromatic heterocycles. The zero-order valence-electron chi connectivity index (χ0n) is 25.1. The van der Waals surface area contributed by atoms with Gasteiger partial charge in [-0.1, -0.05) is 39.0 Å². The number of pyridine rings is 1. The molecule has 3 amide bonds. The number of aromatic nitrogens is 1. The number of para-hydroxylation sites is 1. The molecule has 0 spiro atoms. The minimum Gasteiger partial charge on any atom is -0.489 e. The molecule has 45 heavy (non-hydrogen) atoms. The quantitative estimate of drug-likeness (QED) is 0.232. The smallest absolute Gasteiger partial charge is 0.489 e. The van der Waals surface area contributed by atoms with E-state index in [1.165, 1.54) is 0 Å². The molecule has 2 heterocycles. The lowest BCUT2D eigenvalue weighted by Gasteiger charge is -2.40. The number of rotatable bonds is 6. The highest BCUT2D eigenvalue weighted by Gasteiger charge is 2.40. The molecule has 1 fully saturated rings. The fraction of sp³-hybridized carbons (Fsp3) is 0.387. The highest BCUT2D eigenvalue weighted by molar-refractivity contribution is 5.95. The number of aliphatic carboxylic acids is 1. The lowest BCUT2D eigenvalue weighted by molar-refractivity contribution is -0.192. The number of halogens is 3. The van der Waals surface area contributed by atoms with Crippen LogP contribution in [-0.2, 0) is 21.0 Å². The molecule has 4 rings (SSSR count). The number of carbonyl (C=O) groups is 4. The van der Waals surface area contributed by atoms with E-state index in [0.29, 0.717) is 30.9 Å². The number of hydroxylamine groups is 1. The Morgan fingerprint density at radius 3 is 2.24 bits per heavy atom. The van der Waals surface area contributed by atoms with Gasteiger partial charge in [-0.15, -0.1) is 0 Å². The summed E-state index contributed by atoms with van der Waals surface area (Å²) in [6.45, 7) is 8.28. The van der Waals surface area contributed by atoms with E-state index in [-0.39, 0.29) is 18.4 Å². The third-order valence-electron chi connectivity index (χ3n) is 6.99. The molecular formula is C31H35F3N4O7. The molecule has 1 saturated heterocycles. The van der Waals surface area contributed by atoms with E-state index >= 15 is 0 Å². The number of ether oxygens (including phenoxy) is 1. The lowest BCUT2D eigenvalue weighted by atomic mass is 9.88. The van der Waals surface area contributed by atoms with Crippen LogP contribution in [0, 0.1) is 18.3 Å². The predicted molar refractivity (Wildman–Crippen MR) is 156 cm³/mol. The molecule has 0 aliphatic carbocycles. The number of piperidine rings is 1. The normalized spacial score (nSPS) is 16.7. The number of carboxylic acids is 1. The number of benzene rings is 2. The van der Waals surface area contributed by atoms with Gasteiger partial charge in [-0.3, -0.25) is 24.6 Å². The molecule has 11 nitrogen and oxygen atoms in total. The van der Waals surface area contributed by atoms with E-state index in [1.807, 2.05) is 58.0 Å². The summed E-state index contributed by atoms with van der Waals surface area (Å²) in [7, 11) is 0. The van der Waals surface area contributed by atoms with Crippen LogP contribution in [0.4, 0.5) is 13.2 Å². The standard InChI is InChI=1S/C29H34N4O5.C2HF3O2/c1-18-15-20(22-7-5-6-8-24(22)30-18)17-38-21-11-9-19(10-12-21)26(34)31-25-13-14-33(28(36)29(2,3)4)16-23(25)27(35)32-37;3-2(4,5)1(6)7/h5-12,15,23,25,37H,13-14,16-17H2,1-4H3,(H,31,34)(H,32,35);(H,6,7)/t23-,25+;/m0./s1. The summed E-state index contributed by atoms with van der Waals surface area (Å²) in [4.78, 5) is 53.1. The summed E-state index contributed by atoms with van der Waals surface area (Å²) in [6, 6.07) is 16.2. The van der Waals surface area contributed by atoms with Gasteiger partial charge in [-0.05, 0) is 49.7 Å². The van der Waals surface area contributed by atoms with Crippen LogP contribution in [0.5, 0.6) is 5.75 Å². The fourth-order valence-electron chi connectivity index (χ4n) is 4.76. The topological polar surface area (TPSA) is 158 Å². The third kappa shape index (κ3) is 9.38. The molecule has 0 unspecified atom stereocenters. The maximum absolute atomic E-state index is 13.0. The molecule has 4 N–H and O–H groups in total. The van der Waals surface area contributed by atoms with Gasteiger partial charge in [0.05, 0.1) is 11.4 Å². The first-order chi connectivity index (χ1) is 21.0. The first-order valence-corrected chi connectivity index (χ1v) is 13.9. The van der Waals surface area contributed by atoms with Crippen molar-refractivity contribution in [3.8, 4) is 5.75 Å². The van der Waals surface area contributed by atoms with E-state index < -0.39 is 35.4 Å². The van der Waals surface area contributed by atoms with Crippen LogP contribution in [0.1, 0.15) is 48.8 Å². The minimum atomic E-state index is -5.08. The Morgan fingerprint density at radius 2 is 1.67 bits per heavy atom. The number of alkyl halides is 3. The number of carboxylic acid groups (broad SMARTS) is 1. The fourth-order valence-corrected chi connectivity index (χ4v) is 4.76. The van der Waals surface area contributed by atoms with Crippen LogP contribution in [0.15, 0.2) is 54.6 Å². The summed E-state index contributed by atoms with van der Waals surface area (Å²) in [5.74, 6) is -3.97. The molecule has 1 aliphatic heterocycles. The Kier molecular flexibility index (Phi) is 11.1. The van der Waals surface area contributed by atoms with Crippen molar-refractivity contribution in [3.05, 3.63) is 71.4 Å². The van der Waals surface area contributed by atoms with Crippen LogP contribution >= 0.6 is 0 Å². The molecule has 14 heteroatoms. The van der Waals surface area contributed by atoms with E-state index in [9.17, 15) is 32.8 Å². The van der Waals surface area contributed by atoms with Gasteiger partial charge >= 0.3 is 12.1 Å². The molecular weight excluding hydrogens is 597 g/mol. The highest BCUT2D eigenvalue weighted by atomic mass is 19.4. The van der Waals surface area contributed by atoms with Crippen molar-refractivity contribution in [2.24, 2.45) is 11.3 Å². The molecule has 2 atom stereocenters. The Bertz CT molecular complexity index is 1540. The van der Waals surface area contributed by atoms with Crippen molar-refractivity contribution in [1.29, 1.82) is 0 Å². The van der Waals surface area contributed by atoms with Gasteiger partial charge in [0.1, 0.15) is 12.4 Å². The molecule has 0 bridgehead atoms. The van der Waals surface area contributed by atoms with Crippen molar-refractivity contribution in [3.63, 3.8) is 0 Å². The second-order valence-corrected chi connectivity index (χ2v) is 11.5. The van der Waals surface area contributed by atoms with Crippen LogP contribution in [-0.4, -0.2) is 69.2 Å². The molecule has 0 radical (unpaired) electrons. The molecule has 242 valence electrons. The van der Waals surface area contributed by atoms with Crippen molar-refractivity contribution in [2.75, 3.05) is 13.1 Å². The van der Waals surface area contributed by atoms with E-state index in [2.05, 4.69) is 10.3 Å². The number of nitrogens with zero attached hydrogens (tertiary/aromatic N) is 2. The maximum Gasteiger partial charge on any atom is 0.490 e. The minimum absolute atomic E-state index is 0.0801. The third-order valence-corrected chi connectivity index (χ3v) is 6.99. The lowest BCUT2D eigenvalue weighted by Crippen LogP contribution is -2.58. The average molecular weight is 633 g/mol. The van der Waals surface area contributed by atoms with Gasteiger partial charge in [0.25, 0.3) is 5.91 Å². The Hall–Kier alpha value is -4.72. The van der Waals surface area contributed by atoms with Crippen molar-refractivity contribution in [1.82, 2.24) is 20.7 Å². The van der Waals surface area contributed by atoms with Crippen LogP contribution in [0.3, 0.4) is 0 Å². The van der Waals surface area contributed by atoms with Crippen LogP contribution < -0.4 is 15.5 Å². The molecule has 0 saturated carbocycles. The van der Waals surface area contributed by atoms with Crippen LogP contribution in [0.2, 0.25) is 0 Å². The SMILES string of the molecule is Cc1cc(COc2ccc(C(=O)N[C@@H]3CCN(C(=O)C(C)(C)C)C[C@@H]3C(=O)NO)cc2)c2ccccc2n1.O=C(O)C(F)(F)F. The van der Waals surface area contributed by atoms with E-state index in [1.54, 1.807) is 34.6 Å². The number of likely N-dealkylation sites (tertiary alicyclic amines) is 1. The first kappa shape index (κ1) is 34.8. The van der Waals surface area contributed by atoms with Gasteiger partial charge < -0.3 is 20.1 Å². The van der Waals surface area contributed by atoms with E-state index in [4.69, 9.17) is 14.6 Å². The summed E-state index contributed by atoms with van der Waals surface area (Å²) >= 11 is 0. The maximum atomic E-state index is 13.0. The Morgan fingerprint density at radius 1 is 1.04 bits per heavy atom. The summed E-state index contributed by atoms with van der Waals surface area (Å²) in [6.07, 6.45) is -4.69. The number of hydrogen-bond acceptors (Lipinski definition) is 7. The number of aryl methyl sites for hydroxylation is 1. The predicted octanol–water partition coefficient (Wildman–Crippen LogP) is 4.25. The molecule has 2 aromatic carbocycles. The van der Waals surface area contributed by atoms with Crippen molar-refractivity contribution in [2.45, 2.75) is 52.9 Å². The second kappa shape index (κ2) is 14.4. The number of carbonyl (C=O) groups excluding carboxylic acids is 3.